The molecular formula is C28H28N8O2. The number of ether oxygens (including phenoxy) is 2. The molecule has 0 unspecified atom stereocenters. The molecule has 10 heteroatoms. The van der Waals surface area contributed by atoms with Gasteiger partial charge in [-0.2, -0.15) is 0 Å². The first-order valence-corrected chi connectivity index (χ1v) is 12.1. The lowest BCUT2D eigenvalue weighted by atomic mass is 10.2. The van der Waals surface area contributed by atoms with Crippen LogP contribution in [0.1, 0.15) is 17.1 Å². The summed E-state index contributed by atoms with van der Waals surface area (Å²) in [5.74, 6) is 4.23. The van der Waals surface area contributed by atoms with Crippen molar-refractivity contribution in [1.29, 1.82) is 0 Å². The van der Waals surface area contributed by atoms with Gasteiger partial charge in [0.05, 0.1) is 24.1 Å². The summed E-state index contributed by atoms with van der Waals surface area (Å²) in [6.45, 7) is 7.20. The summed E-state index contributed by atoms with van der Waals surface area (Å²) in [6.07, 6.45) is 6.40. The third kappa shape index (κ3) is 5.70. The van der Waals surface area contributed by atoms with Crippen LogP contribution < -0.4 is 20.5 Å². The molecule has 3 N–H and O–H groups in total. The number of imidazole rings is 1. The molecule has 0 bridgehead atoms. The fourth-order valence-corrected chi connectivity index (χ4v) is 4.10. The lowest BCUT2D eigenvalue weighted by Crippen LogP contribution is -2.08. The van der Waals surface area contributed by atoms with Crippen LogP contribution in [0.4, 0.5) is 17.3 Å². The second-order valence-corrected chi connectivity index (χ2v) is 8.71. The minimum Gasteiger partial charge on any atom is -0.492 e. The van der Waals surface area contributed by atoms with Crippen molar-refractivity contribution in [1.82, 2.24) is 24.5 Å². The first-order valence-electron chi connectivity index (χ1n) is 12.1. The summed E-state index contributed by atoms with van der Waals surface area (Å²) in [5, 5.41) is 4.27. The second-order valence-electron chi connectivity index (χ2n) is 8.71. The monoisotopic (exact) mass is 508 g/mol. The number of benzene rings is 2. The Bertz CT molecular complexity index is 1610. The summed E-state index contributed by atoms with van der Waals surface area (Å²) in [4.78, 5) is 21.4. The van der Waals surface area contributed by atoms with Gasteiger partial charge in [-0.3, -0.25) is 0 Å². The Kier molecular flexibility index (Phi) is 7.12. The van der Waals surface area contributed by atoms with E-state index in [0.717, 1.165) is 51.7 Å². The average Bonchev–Trinajstić information content (AvgIpc) is 3.23. The smallest absolute Gasteiger partial charge is 0.157 e. The topological polar surface area (TPSA) is 125 Å². The molecule has 0 aliphatic carbocycles. The zero-order valence-electron chi connectivity index (χ0n) is 21.4. The van der Waals surface area contributed by atoms with Crippen LogP contribution in [0.2, 0.25) is 0 Å². The number of aromatic nitrogens is 5. The van der Waals surface area contributed by atoms with Crippen LogP contribution in [0.5, 0.6) is 17.2 Å². The molecule has 0 radical (unpaired) electrons. The summed E-state index contributed by atoms with van der Waals surface area (Å²) < 4.78 is 14.2. The summed E-state index contributed by atoms with van der Waals surface area (Å²) in [7, 11) is 0. The third-order valence-electron chi connectivity index (χ3n) is 5.89. The van der Waals surface area contributed by atoms with Crippen molar-refractivity contribution < 1.29 is 9.47 Å². The van der Waals surface area contributed by atoms with E-state index in [2.05, 4.69) is 34.8 Å². The Morgan fingerprint density at radius 2 is 1.89 bits per heavy atom. The van der Waals surface area contributed by atoms with Crippen molar-refractivity contribution in [2.45, 2.75) is 27.3 Å². The van der Waals surface area contributed by atoms with Crippen molar-refractivity contribution >= 4 is 34.6 Å². The standard InChI is InChI=1S/C28H28N8O2/c1-18-12-21(4-7-26(18)38-23-8-9-30-27(14-23)31-16-29)35-28-24-13-22(5-6-25(24)32-17-33-28)37-11-10-36-15-19(2)34-20(36)3/h4-9,12-17H,10-11H2,1-3H3,(H2,29,30,31)(H,32,33,35). The molecule has 3 heterocycles. The largest absolute Gasteiger partial charge is 0.492 e. The van der Waals surface area contributed by atoms with E-state index in [-0.39, 0.29) is 0 Å². The maximum absolute atomic E-state index is 6.04. The zero-order valence-corrected chi connectivity index (χ0v) is 21.4. The zero-order chi connectivity index (χ0) is 26.5. The van der Waals surface area contributed by atoms with Crippen LogP contribution in [0.15, 0.2) is 72.2 Å². The molecule has 38 heavy (non-hydrogen) atoms. The lowest BCUT2D eigenvalue weighted by molar-refractivity contribution is 0.297. The molecule has 0 atom stereocenters. The Morgan fingerprint density at radius 1 is 1.00 bits per heavy atom. The lowest BCUT2D eigenvalue weighted by Gasteiger charge is -2.13. The number of hydrogen-bond donors (Lipinski definition) is 2. The number of pyridine rings is 1. The van der Waals surface area contributed by atoms with Crippen molar-refractivity contribution in [2.75, 3.05) is 11.9 Å². The van der Waals surface area contributed by atoms with Crippen LogP contribution in [0, 0.1) is 20.8 Å². The Labute approximate surface area is 220 Å². The number of nitrogens with one attached hydrogen (secondary N) is 1. The quantitative estimate of drug-likeness (QED) is 0.201. The van der Waals surface area contributed by atoms with E-state index in [9.17, 15) is 0 Å². The number of hydrogen-bond acceptors (Lipinski definition) is 8. The van der Waals surface area contributed by atoms with Gasteiger partial charge in [0.15, 0.2) is 5.82 Å². The predicted octanol–water partition coefficient (Wildman–Crippen LogP) is 5.38. The van der Waals surface area contributed by atoms with Gasteiger partial charge >= 0.3 is 0 Å². The van der Waals surface area contributed by atoms with Crippen LogP contribution in [0.25, 0.3) is 10.9 Å². The maximum Gasteiger partial charge on any atom is 0.157 e. The molecule has 5 aromatic rings. The van der Waals surface area contributed by atoms with E-state index in [1.54, 1.807) is 24.7 Å². The van der Waals surface area contributed by atoms with Crippen molar-refractivity contribution in [3.05, 3.63) is 84.3 Å². The van der Waals surface area contributed by atoms with Gasteiger partial charge in [0.1, 0.15) is 41.8 Å². The number of aryl methyl sites for hydroxylation is 3. The van der Waals surface area contributed by atoms with E-state index in [1.807, 2.05) is 63.4 Å². The van der Waals surface area contributed by atoms with Gasteiger partial charge < -0.3 is 25.1 Å². The van der Waals surface area contributed by atoms with Crippen molar-refractivity contribution in [2.24, 2.45) is 10.7 Å². The highest BCUT2D eigenvalue weighted by atomic mass is 16.5. The maximum atomic E-state index is 6.04. The number of fused-ring (bicyclic) bond motifs is 1. The van der Waals surface area contributed by atoms with E-state index in [1.165, 1.54) is 6.34 Å². The predicted molar refractivity (Wildman–Crippen MR) is 148 cm³/mol. The van der Waals surface area contributed by atoms with E-state index in [0.29, 0.717) is 24.0 Å². The highest BCUT2D eigenvalue weighted by molar-refractivity contribution is 5.91. The van der Waals surface area contributed by atoms with E-state index in [4.69, 9.17) is 15.2 Å². The normalized spacial score (nSPS) is 11.2. The second kappa shape index (κ2) is 11.0. The number of nitrogens with zero attached hydrogens (tertiary/aromatic N) is 6. The minimum absolute atomic E-state index is 0.479. The molecular weight excluding hydrogens is 480 g/mol. The molecule has 0 amide bonds. The fraction of sp³-hybridized carbons (Fsp3) is 0.179. The van der Waals surface area contributed by atoms with Crippen molar-refractivity contribution in [3.63, 3.8) is 0 Å². The van der Waals surface area contributed by atoms with Gasteiger partial charge in [-0.25, -0.2) is 24.9 Å². The van der Waals surface area contributed by atoms with Gasteiger partial charge in [0.2, 0.25) is 0 Å². The molecule has 5 rings (SSSR count). The molecule has 3 aromatic heterocycles. The molecule has 2 aromatic carbocycles. The molecule has 0 saturated carbocycles. The van der Waals surface area contributed by atoms with E-state index < -0.39 is 0 Å². The Morgan fingerprint density at radius 3 is 2.68 bits per heavy atom. The third-order valence-corrected chi connectivity index (χ3v) is 5.89. The first-order chi connectivity index (χ1) is 18.5. The Balaban J connectivity index is 1.30. The molecule has 0 saturated heterocycles. The highest BCUT2D eigenvalue weighted by Gasteiger charge is 2.09. The summed E-state index contributed by atoms with van der Waals surface area (Å²) in [5.41, 5.74) is 9.00. The molecule has 0 spiro atoms. The number of nitrogens with two attached hydrogens (primary N) is 1. The number of anilines is 2. The van der Waals surface area contributed by atoms with E-state index >= 15 is 0 Å². The minimum atomic E-state index is 0.479. The molecule has 0 aliphatic heterocycles. The van der Waals surface area contributed by atoms with Crippen LogP contribution in [0.3, 0.4) is 0 Å². The van der Waals surface area contributed by atoms with Crippen molar-refractivity contribution in [3.8, 4) is 17.2 Å². The fourth-order valence-electron chi connectivity index (χ4n) is 4.10. The van der Waals surface area contributed by atoms with Gasteiger partial charge in [-0.15, -0.1) is 0 Å². The van der Waals surface area contributed by atoms with Crippen LogP contribution >= 0.6 is 0 Å². The molecule has 0 aliphatic rings. The molecule has 192 valence electrons. The van der Waals surface area contributed by atoms with Gasteiger partial charge in [-0.1, -0.05) is 0 Å². The van der Waals surface area contributed by atoms with Gasteiger partial charge in [-0.05, 0) is 68.8 Å². The molecule has 10 nitrogen and oxygen atoms in total. The van der Waals surface area contributed by atoms with Gasteiger partial charge in [0, 0.05) is 29.5 Å². The summed E-state index contributed by atoms with van der Waals surface area (Å²) in [6, 6.07) is 15.1. The first kappa shape index (κ1) is 24.7. The number of rotatable bonds is 9. The van der Waals surface area contributed by atoms with Gasteiger partial charge in [0.25, 0.3) is 0 Å². The Hall–Kier alpha value is -4.99. The average molecular weight is 509 g/mol. The molecule has 0 fully saturated rings. The highest BCUT2D eigenvalue weighted by Crippen LogP contribution is 2.31. The van der Waals surface area contributed by atoms with Crippen LogP contribution in [-0.4, -0.2) is 37.4 Å². The SMILES string of the molecule is Cc1cn(CCOc2ccc3ncnc(Nc4ccc(Oc5ccnc(N=CN)c5)c(C)c4)c3c2)c(C)n1. The number of aliphatic imine (C=N–C) groups is 1. The van der Waals surface area contributed by atoms with Crippen LogP contribution in [-0.2, 0) is 6.54 Å². The summed E-state index contributed by atoms with van der Waals surface area (Å²) >= 11 is 0.